The minimum absolute atomic E-state index is 0. The molecule has 2 fully saturated rings. The van der Waals surface area contributed by atoms with Crippen molar-refractivity contribution in [3.8, 4) is 0 Å². The molecule has 2 aliphatic rings. The Morgan fingerprint density at radius 3 is 2.71 bits per heavy atom. The van der Waals surface area contributed by atoms with Gasteiger partial charge in [0, 0.05) is 43.7 Å². The first-order valence-corrected chi connectivity index (χ1v) is 9.70. The van der Waals surface area contributed by atoms with Crippen LogP contribution in [0.15, 0.2) is 18.2 Å². The predicted molar refractivity (Wildman–Crippen MR) is 112 cm³/mol. The molecule has 0 aliphatic carbocycles. The fourth-order valence-corrected chi connectivity index (χ4v) is 4.49. The number of nitrogens with zero attached hydrogens (tertiary/aromatic N) is 3. The summed E-state index contributed by atoms with van der Waals surface area (Å²) < 4.78 is 1.85. The summed E-state index contributed by atoms with van der Waals surface area (Å²) in [5.74, 6) is -0.204. The number of halogens is 1. The maximum Gasteiger partial charge on any atom is 0.235 e. The van der Waals surface area contributed by atoms with Gasteiger partial charge in [0.25, 0.3) is 0 Å². The second-order valence-corrected chi connectivity index (χ2v) is 7.82. The van der Waals surface area contributed by atoms with Crippen LogP contribution in [-0.2, 0) is 16.6 Å². The molecule has 2 amide bonds. The number of carbonyl (C=O) groups is 2. The summed E-state index contributed by atoms with van der Waals surface area (Å²) >= 11 is 0. The molecule has 2 aromatic rings. The van der Waals surface area contributed by atoms with Crippen molar-refractivity contribution >= 4 is 40.8 Å². The van der Waals surface area contributed by atoms with Crippen LogP contribution in [0.4, 0.5) is 5.69 Å². The lowest BCUT2D eigenvalue weighted by atomic mass is 9.92. The monoisotopic (exact) mass is 405 g/mol. The number of imide groups is 1. The molecule has 0 bridgehead atoms. The van der Waals surface area contributed by atoms with Crippen LogP contribution in [-0.4, -0.2) is 47.8 Å². The van der Waals surface area contributed by atoms with Crippen molar-refractivity contribution < 1.29 is 9.59 Å². The molecule has 2 saturated heterocycles. The Labute approximate surface area is 171 Å². The molecule has 3 atom stereocenters. The molecule has 3 heterocycles. The molecule has 0 radical (unpaired) electrons. The summed E-state index contributed by atoms with van der Waals surface area (Å²) in [5, 5.41) is 11.5. The molecule has 152 valence electrons. The highest BCUT2D eigenvalue weighted by atomic mass is 35.5. The van der Waals surface area contributed by atoms with Gasteiger partial charge >= 0.3 is 0 Å². The van der Waals surface area contributed by atoms with E-state index in [0.717, 1.165) is 36.1 Å². The predicted octanol–water partition coefficient (Wildman–Crippen LogP) is 1.95. The first kappa shape index (κ1) is 20.6. The summed E-state index contributed by atoms with van der Waals surface area (Å²) in [6, 6.07) is 6.95. The van der Waals surface area contributed by atoms with Gasteiger partial charge in [0.05, 0.1) is 17.1 Å². The van der Waals surface area contributed by atoms with Crippen molar-refractivity contribution in [2.45, 2.75) is 38.1 Å². The SMILES string of the molecule is CN[C@@H]1CCN(c2ccc3c(C4CCC(=O)NC4=O)nn(C)c3c2)C[C@@H]1C.Cl. The fraction of sp³-hybridized carbons (Fsp3) is 0.550. The molecule has 2 N–H and O–H groups in total. The number of hydrogen-bond donors (Lipinski definition) is 2. The molecular formula is C20H28ClN5O2. The summed E-state index contributed by atoms with van der Waals surface area (Å²) in [5.41, 5.74) is 2.99. The van der Waals surface area contributed by atoms with E-state index in [1.807, 2.05) is 18.8 Å². The highest BCUT2D eigenvalue weighted by Crippen LogP contribution is 2.33. The molecule has 7 nitrogen and oxygen atoms in total. The number of benzene rings is 1. The molecule has 28 heavy (non-hydrogen) atoms. The second kappa shape index (κ2) is 8.09. The van der Waals surface area contributed by atoms with E-state index in [9.17, 15) is 9.59 Å². The number of carbonyl (C=O) groups excluding carboxylic acids is 2. The Morgan fingerprint density at radius 2 is 2.04 bits per heavy atom. The molecule has 0 spiro atoms. The van der Waals surface area contributed by atoms with Gasteiger partial charge in [-0.2, -0.15) is 5.10 Å². The van der Waals surface area contributed by atoms with E-state index in [1.165, 1.54) is 5.69 Å². The molecule has 4 rings (SSSR count). The van der Waals surface area contributed by atoms with E-state index in [0.29, 0.717) is 24.8 Å². The highest BCUT2D eigenvalue weighted by Gasteiger charge is 2.32. The fourth-order valence-electron chi connectivity index (χ4n) is 4.49. The maximum absolute atomic E-state index is 12.3. The van der Waals surface area contributed by atoms with Gasteiger partial charge in [0.15, 0.2) is 0 Å². The van der Waals surface area contributed by atoms with Crippen LogP contribution in [0.2, 0.25) is 0 Å². The summed E-state index contributed by atoms with van der Waals surface area (Å²) in [4.78, 5) is 26.1. The third kappa shape index (κ3) is 3.61. The van der Waals surface area contributed by atoms with Gasteiger partial charge in [-0.3, -0.25) is 19.6 Å². The lowest BCUT2D eigenvalue weighted by Crippen LogP contribution is -2.47. The van der Waals surface area contributed by atoms with Gasteiger partial charge in [-0.15, -0.1) is 12.4 Å². The first-order valence-electron chi connectivity index (χ1n) is 9.70. The number of rotatable bonds is 3. The van der Waals surface area contributed by atoms with Crippen molar-refractivity contribution in [3.63, 3.8) is 0 Å². The normalized spacial score (nSPS) is 25.5. The third-order valence-electron chi connectivity index (χ3n) is 6.07. The van der Waals surface area contributed by atoms with E-state index in [4.69, 9.17) is 0 Å². The summed E-state index contributed by atoms with van der Waals surface area (Å²) in [6.45, 7) is 4.34. The Bertz CT molecular complexity index is 896. The first-order chi connectivity index (χ1) is 13.0. The Balaban J connectivity index is 0.00000225. The number of amides is 2. The van der Waals surface area contributed by atoms with E-state index < -0.39 is 0 Å². The Morgan fingerprint density at radius 1 is 1.25 bits per heavy atom. The molecule has 8 heteroatoms. The summed E-state index contributed by atoms with van der Waals surface area (Å²) in [7, 11) is 3.95. The third-order valence-corrected chi connectivity index (χ3v) is 6.07. The zero-order valence-electron chi connectivity index (χ0n) is 16.6. The zero-order chi connectivity index (χ0) is 19.1. The van der Waals surface area contributed by atoms with Gasteiger partial charge in [-0.05, 0) is 44.0 Å². The number of nitrogens with one attached hydrogen (secondary N) is 2. The average Bonchev–Trinajstić information content (AvgIpc) is 2.97. The van der Waals surface area contributed by atoms with Crippen molar-refractivity contribution in [2.75, 3.05) is 25.0 Å². The lowest BCUT2D eigenvalue weighted by molar-refractivity contribution is -0.134. The van der Waals surface area contributed by atoms with Crippen molar-refractivity contribution in [1.29, 1.82) is 0 Å². The molecule has 2 aliphatic heterocycles. The molecule has 1 unspecified atom stereocenters. The molecule has 0 saturated carbocycles. The number of fused-ring (bicyclic) bond motifs is 1. The topological polar surface area (TPSA) is 79.3 Å². The van der Waals surface area contributed by atoms with E-state index in [-0.39, 0.29) is 30.1 Å². The largest absolute Gasteiger partial charge is 0.371 e. The number of hydrogen-bond acceptors (Lipinski definition) is 5. The smallest absolute Gasteiger partial charge is 0.235 e. The van der Waals surface area contributed by atoms with E-state index in [1.54, 1.807) is 0 Å². The van der Waals surface area contributed by atoms with E-state index >= 15 is 0 Å². The van der Waals surface area contributed by atoms with Crippen LogP contribution in [0, 0.1) is 5.92 Å². The van der Waals surface area contributed by atoms with Gasteiger partial charge in [-0.25, -0.2) is 0 Å². The number of aromatic nitrogens is 2. The molecule has 1 aromatic carbocycles. The molecular weight excluding hydrogens is 378 g/mol. The number of aryl methyl sites for hydroxylation is 1. The minimum Gasteiger partial charge on any atom is -0.371 e. The molecule has 1 aromatic heterocycles. The van der Waals surface area contributed by atoms with Crippen LogP contribution in [0.25, 0.3) is 10.9 Å². The van der Waals surface area contributed by atoms with Crippen molar-refractivity contribution in [1.82, 2.24) is 20.4 Å². The van der Waals surface area contributed by atoms with Crippen LogP contribution in [0.1, 0.15) is 37.8 Å². The minimum atomic E-state index is -0.358. The van der Waals surface area contributed by atoms with Crippen LogP contribution >= 0.6 is 12.4 Å². The van der Waals surface area contributed by atoms with Gasteiger partial charge in [-0.1, -0.05) is 6.92 Å². The quantitative estimate of drug-likeness (QED) is 0.763. The van der Waals surface area contributed by atoms with Gasteiger partial charge in [0.2, 0.25) is 11.8 Å². The van der Waals surface area contributed by atoms with Gasteiger partial charge in [0.1, 0.15) is 0 Å². The standard InChI is InChI=1S/C20H27N5O2.ClH/c1-12-11-25(9-8-16(12)21-2)13-4-5-14-17(10-13)24(3)23-19(14)15-6-7-18(26)22-20(15)27;/h4-5,10,12,15-16,21H,6-9,11H2,1-3H3,(H,22,26,27);1H/t12-,15?,16+;/m0./s1. The number of anilines is 1. The Hall–Kier alpha value is -2.12. The van der Waals surface area contributed by atoms with Crippen LogP contribution < -0.4 is 15.5 Å². The Kier molecular flexibility index (Phi) is 5.95. The zero-order valence-corrected chi connectivity index (χ0v) is 17.4. The number of piperidine rings is 2. The van der Waals surface area contributed by atoms with Crippen molar-refractivity contribution in [2.24, 2.45) is 13.0 Å². The lowest BCUT2D eigenvalue weighted by Gasteiger charge is -2.38. The maximum atomic E-state index is 12.3. The van der Waals surface area contributed by atoms with Gasteiger partial charge < -0.3 is 10.2 Å². The second-order valence-electron chi connectivity index (χ2n) is 7.82. The van der Waals surface area contributed by atoms with Crippen molar-refractivity contribution in [3.05, 3.63) is 23.9 Å². The van der Waals surface area contributed by atoms with E-state index in [2.05, 4.69) is 45.8 Å². The summed E-state index contributed by atoms with van der Waals surface area (Å²) in [6.07, 6.45) is 2.01. The highest BCUT2D eigenvalue weighted by molar-refractivity contribution is 6.02. The van der Waals surface area contributed by atoms with Crippen LogP contribution in [0.3, 0.4) is 0 Å². The van der Waals surface area contributed by atoms with Crippen LogP contribution in [0.5, 0.6) is 0 Å². The average molecular weight is 406 g/mol.